The molecular weight excluding hydrogens is 360 g/mol. The van der Waals surface area contributed by atoms with Gasteiger partial charge in [0, 0.05) is 13.2 Å². The lowest BCUT2D eigenvalue weighted by Gasteiger charge is -2.13. The van der Waals surface area contributed by atoms with Crippen LogP contribution in [-0.2, 0) is 9.53 Å². The van der Waals surface area contributed by atoms with Crippen LogP contribution in [0.15, 0.2) is 47.6 Å². The first-order valence-electron chi connectivity index (χ1n) is 7.41. The average molecular weight is 374 g/mol. The molecule has 11 nitrogen and oxygen atoms in total. The van der Waals surface area contributed by atoms with Crippen LogP contribution in [0.1, 0.15) is 17.2 Å². The first kappa shape index (κ1) is 19.5. The van der Waals surface area contributed by atoms with Crippen molar-refractivity contribution in [2.24, 2.45) is 5.10 Å². The molecule has 0 bridgehead atoms. The number of carbonyl (C=O) groups excluding carboxylic acids is 1. The molecule has 2 aromatic rings. The van der Waals surface area contributed by atoms with Gasteiger partial charge in [0.25, 0.3) is 11.6 Å². The number of hydrogen-bond donors (Lipinski definition) is 2. The van der Waals surface area contributed by atoms with Crippen LogP contribution >= 0.6 is 0 Å². The molecule has 140 valence electrons. The second-order valence-electron chi connectivity index (χ2n) is 5.18. The van der Waals surface area contributed by atoms with E-state index in [1.165, 1.54) is 7.11 Å². The normalized spacial score (nSPS) is 11.9. The number of nitrogens with zero attached hydrogens (tertiary/aromatic N) is 3. The minimum absolute atomic E-state index is 0.301. The van der Waals surface area contributed by atoms with Crippen LogP contribution in [0.25, 0.3) is 0 Å². The van der Waals surface area contributed by atoms with E-state index in [4.69, 9.17) is 4.74 Å². The molecule has 1 atom stereocenters. The molecular formula is C16H14N4O7. The summed E-state index contributed by atoms with van der Waals surface area (Å²) >= 11 is 0. The van der Waals surface area contributed by atoms with Gasteiger partial charge in [0.2, 0.25) is 5.75 Å². The summed E-state index contributed by atoms with van der Waals surface area (Å²) in [6, 6.07) is 10.1. The number of phenols is 1. The number of methoxy groups -OCH3 is 1. The molecule has 0 saturated heterocycles. The highest BCUT2D eigenvalue weighted by Crippen LogP contribution is 2.33. The van der Waals surface area contributed by atoms with Gasteiger partial charge < -0.3 is 9.84 Å². The Morgan fingerprint density at radius 1 is 1.22 bits per heavy atom. The predicted molar refractivity (Wildman–Crippen MR) is 93.3 cm³/mol. The van der Waals surface area contributed by atoms with Crippen LogP contribution in [0.5, 0.6) is 5.75 Å². The van der Waals surface area contributed by atoms with Crippen LogP contribution in [0.3, 0.4) is 0 Å². The Kier molecular flexibility index (Phi) is 6.12. The summed E-state index contributed by atoms with van der Waals surface area (Å²) in [6.07, 6.45) is -0.0957. The van der Waals surface area contributed by atoms with E-state index in [0.717, 1.165) is 12.3 Å². The third-order valence-electron chi connectivity index (χ3n) is 3.47. The van der Waals surface area contributed by atoms with E-state index in [1.54, 1.807) is 30.3 Å². The summed E-state index contributed by atoms with van der Waals surface area (Å²) in [5, 5.41) is 35.2. The molecule has 0 fully saturated rings. The molecule has 1 unspecified atom stereocenters. The number of nitro benzene ring substituents is 2. The van der Waals surface area contributed by atoms with E-state index in [9.17, 15) is 30.1 Å². The van der Waals surface area contributed by atoms with Gasteiger partial charge in [-0.25, -0.2) is 5.43 Å². The van der Waals surface area contributed by atoms with Crippen molar-refractivity contribution in [3.05, 3.63) is 73.8 Å². The minimum Gasteiger partial charge on any atom is -0.502 e. The van der Waals surface area contributed by atoms with Gasteiger partial charge in [-0.2, -0.15) is 5.10 Å². The van der Waals surface area contributed by atoms with E-state index in [2.05, 4.69) is 10.5 Å². The smallest absolute Gasteiger partial charge is 0.318 e. The predicted octanol–water partition coefficient (Wildman–Crippen LogP) is 2.05. The number of nitrogens with one attached hydrogen (secondary N) is 1. The summed E-state index contributed by atoms with van der Waals surface area (Å²) in [6.45, 7) is 0. The van der Waals surface area contributed by atoms with Gasteiger partial charge in [-0.05, 0) is 5.56 Å². The van der Waals surface area contributed by atoms with Gasteiger partial charge in [-0.3, -0.25) is 25.0 Å². The van der Waals surface area contributed by atoms with E-state index in [1.807, 2.05) is 0 Å². The lowest BCUT2D eigenvalue weighted by atomic mass is 10.1. The van der Waals surface area contributed by atoms with Crippen molar-refractivity contribution < 1.29 is 24.5 Å². The Morgan fingerprint density at radius 3 is 2.44 bits per heavy atom. The van der Waals surface area contributed by atoms with Crippen LogP contribution < -0.4 is 5.43 Å². The summed E-state index contributed by atoms with van der Waals surface area (Å²) in [4.78, 5) is 32.1. The molecule has 0 spiro atoms. The summed E-state index contributed by atoms with van der Waals surface area (Å²) in [7, 11) is 1.33. The third kappa shape index (κ3) is 4.61. The first-order chi connectivity index (χ1) is 12.8. The van der Waals surface area contributed by atoms with Gasteiger partial charge in [-0.1, -0.05) is 30.3 Å². The average Bonchev–Trinajstić information content (AvgIpc) is 2.64. The van der Waals surface area contributed by atoms with E-state index < -0.39 is 39.0 Å². The summed E-state index contributed by atoms with van der Waals surface area (Å²) < 4.78 is 5.11. The Balaban J connectivity index is 2.23. The van der Waals surface area contributed by atoms with Crippen molar-refractivity contribution in [1.29, 1.82) is 0 Å². The highest BCUT2D eigenvalue weighted by atomic mass is 16.6. The number of hydrogen-bond acceptors (Lipinski definition) is 8. The fraction of sp³-hybridized carbons (Fsp3) is 0.125. The molecule has 2 aromatic carbocycles. The van der Waals surface area contributed by atoms with E-state index >= 15 is 0 Å². The second kappa shape index (κ2) is 8.49. The van der Waals surface area contributed by atoms with Crippen molar-refractivity contribution in [3.63, 3.8) is 0 Å². The van der Waals surface area contributed by atoms with Crippen LogP contribution in [0.2, 0.25) is 0 Å². The number of phenolic OH excluding ortho intramolecular Hbond substituents is 1. The number of non-ortho nitro benzene ring substituents is 1. The van der Waals surface area contributed by atoms with Gasteiger partial charge in [0.15, 0.2) is 6.10 Å². The van der Waals surface area contributed by atoms with Crippen LogP contribution in [-0.4, -0.2) is 34.2 Å². The molecule has 0 aliphatic rings. The number of aromatic hydroxyl groups is 1. The lowest BCUT2D eigenvalue weighted by Crippen LogP contribution is -2.26. The van der Waals surface area contributed by atoms with Crippen molar-refractivity contribution in [2.75, 3.05) is 7.11 Å². The van der Waals surface area contributed by atoms with Crippen molar-refractivity contribution in [3.8, 4) is 5.75 Å². The second-order valence-corrected chi connectivity index (χ2v) is 5.18. The number of rotatable bonds is 7. The number of hydrazone groups is 1. The van der Waals surface area contributed by atoms with Gasteiger partial charge >= 0.3 is 5.69 Å². The highest BCUT2D eigenvalue weighted by molar-refractivity contribution is 5.89. The van der Waals surface area contributed by atoms with Crippen molar-refractivity contribution in [2.45, 2.75) is 6.10 Å². The molecule has 2 N–H and O–H groups in total. The molecule has 0 radical (unpaired) electrons. The highest BCUT2D eigenvalue weighted by Gasteiger charge is 2.23. The summed E-state index contributed by atoms with van der Waals surface area (Å²) in [5.41, 5.74) is 0.974. The molecule has 0 aliphatic heterocycles. The zero-order chi connectivity index (χ0) is 20.0. The Morgan fingerprint density at radius 2 is 1.89 bits per heavy atom. The standard InChI is InChI=1S/C16H14N4O7/c1-27-15(10-5-3-2-4-6-10)16(22)18-17-9-11-7-12(19(23)24)8-13(14(11)21)20(25)26/h2-9,15,21H,1H3,(H,18,22). The minimum atomic E-state index is -0.964. The van der Waals surface area contributed by atoms with Crippen molar-refractivity contribution in [1.82, 2.24) is 5.43 Å². The quantitative estimate of drug-likeness (QED) is 0.426. The SMILES string of the molecule is COC(C(=O)NN=Cc1cc([N+](=O)[O-])cc([N+](=O)[O-])c1O)c1ccccc1. The molecule has 0 aromatic heterocycles. The molecule has 0 heterocycles. The monoisotopic (exact) mass is 374 g/mol. The topological polar surface area (TPSA) is 157 Å². The number of ether oxygens (including phenoxy) is 1. The molecule has 1 amide bonds. The molecule has 11 heteroatoms. The van der Waals surface area contributed by atoms with E-state index in [0.29, 0.717) is 11.6 Å². The number of carbonyl (C=O) groups is 1. The van der Waals surface area contributed by atoms with Gasteiger partial charge in [0.05, 0.1) is 27.7 Å². The lowest BCUT2D eigenvalue weighted by molar-refractivity contribution is -0.394. The fourth-order valence-electron chi connectivity index (χ4n) is 2.22. The Hall–Kier alpha value is -3.86. The maximum Gasteiger partial charge on any atom is 0.318 e. The Labute approximate surface area is 152 Å². The van der Waals surface area contributed by atoms with Crippen molar-refractivity contribution >= 4 is 23.5 Å². The van der Waals surface area contributed by atoms with Gasteiger partial charge in [-0.15, -0.1) is 0 Å². The Bertz CT molecular complexity index is 899. The molecule has 27 heavy (non-hydrogen) atoms. The number of benzene rings is 2. The van der Waals surface area contributed by atoms with E-state index in [-0.39, 0.29) is 5.56 Å². The molecule has 2 rings (SSSR count). The van der Waals surface area contributed by atoms with Crippen LogP contribution in [0, 0.1) is 20.2 Å². The maximum absolute atomic E-state index is 12.2. The maximum atomic E-state index is 12.2. The van der Waals surface area contributed by atoms with Crippen LogP contribution in [0.4, 0.5) is 11.4 Å². The zero-order valence-corrected chi connectivity index (χ0v) is 13.9. The summed E-state index contributed by atoms with van der Waals surface area (Å²) in [5.74, 6) is -1.45. The zero-order valence-electron chi connectivity index (χ0n) is 13.9. The number of amides is 1. The fourth-order valence-corrected chi connectivity index (χ4v) is 2.22. The first-order valence-corrected chi connectivity index (χ1v) is 7.41. The number of nitro groups is 2. The molecule has 0 aliphatic carbocycles. The molecule has 0 saturated carbocycles. The third-order valence-corrected chi connectivity index (χ3v) is 3.47. The van der Waals surface area contributed by atoms with Gasteiger partial charge in [0.1, 0.15) is 0 Å². The largest absolute Gasteiger partial charge is 0.502 e.